The van der Waals surface area contributed by atoms with Gasteiger partial charge in [0.1, 0.15) is 5.82 Å². The number of benzene rings is 2. The molecule has 0 aliphatic carbocycles. The number of aromatic nitrogens is 2. The zero-order valence-electron chi connectivity index (χ0n) is 20.4. The van der Waals surface area contributed by atoms with Crippen molar-refractivity contribution in [1.29, 1.82) is 0 Å². The van der Waals surface area contributed by atoms with Crippen molar-refractivity contribution in [1.82, 2.24) is 24.9 Å². The van der Waals surface area contributed by atoms with Crippen molar-refractivity contribution in [3.63, 3.8) is 0 Å². The van der Waals surface area contributed by atoms with Gasteiger partial charge in [0, 0.05) is 29.9 Å². The Balaban J connectivity index is 1.14. The number of hydrogen-bond acceptors (Lipinski definition) is 5. The van der Waals surface area contributed by atoms with Crippen LogP contribution in [0.5, 0.6) is 0 Å². The Morgan fingerprint density at radius 1 is 1.14 bits per heavy atom. The lowest BCUT2D eigenvalue weighted by molar-refractivity contribution is 0.0951. The molecule has 2 aliphatic heterocycles. The zero-order valence-corrected chi connectivity index (χ0v) is 21.2. The Morgan fingerprint density at radius 2 is 2.03 bits per heavy atom. The van der Waals surface area contributed by atoms with Gasteiger partial charge in [-0.1, -0.05) is 23.8 Å². The maximum absolute atomic E-state index is 15.0. The minimum atomic E-state index is -0.240. The summed E-state index contributed by atoms with van der Waals surface area (Å²) in [7, 11) is 0. The molecule has 2 aromatic heterocycles. The Kier molecular flexibility index (Phi) is 6.73. The molecule has 0 saturated carbocycles. The second-order valence-corrected chi connectivity index (χ2v) is 11.0. The summed E-state index contributed by atoms with van der Waals surface area (Å²) in [6.45, 7) is 5.08. The summed E-state index contributed by atoms with van der Waals surface area (Å²) >= 11 is 1.52. The molecule has 2 aliphatic rings. The number of imidazole rings is 1. The number of carbonyl (C=O) groups excluding carboxylic acids is 1. The van der Waals surface area contributed by atoms with Crippen LogP contribution in [0, 0.1) is 5.82 Å². The van der Waals surface area contributed by atoms with Crippen molar-refractivity contribution in [3.05, 3.63) is 59.5 Å². The predicted molar refractivity (Wildman–Crippen MR) is 143 cm³/mol. The normalized spacial score (nSPS) is 18.9. The number of thiazole rings is 1. The Hall–Kier alpha value is -2.81. The number of hydrogen-bond donors (Lipinski definition) is 2. The first-order valence-corrected chi connectivity index (χ1v) is 13.9. The number of carbonyl (C=O) groups is 1. The molecule has 188 valence electrons. The minimum Gasteiger partial charge on any atom is -0.352 e. The molecule has 2 N–H and O–H groups in total. The third kappa shape index (κ3) is 4.77. The molecule has 2 fully saturated rings. The van der Waals surface area contributed by atoms with Crippen molar-refractivity contribution in [2.75, 3.05) is 32.7 Å². The van der Waals surface area contributed by atoms with Crippen LogP contribution < -0.4 is 10.6 Å². The predicted octanol–water partition coefficient (Wildman–Crippen LogP) is 5.39. The summed E-state index contributed by atoms with van der Waals surface area (Å²) in [5.74, 6) is -0.281. The summed E-state index contributed by atoms with van der Waals surface area (Å²) in [5, 5.41) is 6.48. The molecular formula is C28H32FN5OS. The number of amides is 1. The first kappa shape index (κ1) is 23.6. The monoisotopic (exact) mass is 505 g/mol. The number of rotatable bonds is 7. The number of halogens is 1. The van der Waals surface area contributed by atoms with Gasteiger partial charge in [0.2, 0.25) is 0 Å². The van der Waals surface area contributed by atoms with Gasteiger partial charge in [-0.15, -0.1) is 0 Å². The first-order chi connectivity index (χ1) is 17.7. The molecule has 8 heteroatoms. The van der Waals surface area contributed by atoms with Crippen LogP contribution in [0.3, 0.4) is 0 Å². The highest BCUT2D eigenvalue weighted by molar-refractivity contribution is 7.23. The first-order valence-electron chi connectivity index (χ1n) is 13.1. The van der Waals surface area contributed by atoms with Gasteiger partial charge >= 0.3 is 0 Å². The van der Waals surface area contributed by atoms with Crippen molar-refractivity contribution in [2.45, 2.75) is 44.6 Å². The molecule has 1 amide bonds. The Morgan fingerprint density at radius 3 is 2.83 bits per heavy atom. The molecule has 0 radical (unpaired) electrons. The number of fused-ring (bicyclic) bond motifs is 3. The van der Waals surface area contributed by atoms with Gasteiger partial charge < -0.3 is 15.5 Å². The van der Waals surface area contributed by atoms with Gasteiger partial charge in [-0.05, 0) is 94.2 Å². The van der Waals surface area contributed by atoms with E-state index >= 15 is 0 Å². The van der Waals surface area contributed by atoms with E-state index in [4.69, 9.17) is 4.98 Å². The largest absolute Gasteiger partial charge is 0.352 e. The van der Waals surface area contributed by atoms with Crippen molar-refractivity contribution in [3.8, 4) is 11.3 Å². The lowest BCUT2D eigenvalue weighted by Crippen LogP contribution is -2.33. The summed E-state index contributed by atoms with van der Waals surface area (Å²) in [4.78, 5) is 20.7. The van der Waals surface area contributed by atoms with E-state index in [2.05, 4.69) is 15.5 Å². The highest BCUT2D eigenvalue weighted by atomic mass is 32.1. The van der Waals surface area contributed by atoms with E-state index in [0.717, 1.165) is 53.1 Å². The van der Waals surface area contributed by atoms with E-state index in [1.807, 2.05) is 40.9 Å². The average molecular weight is 506 g/mol. The fourth-order valence-electron chi connectivity index (χ4n) is 5.49. The van der Waals surface area contributed by atoms with Crippen LogP contribution in [0.2, 0.25) is 0 Å². The molecule has 1 atom stereocenters. The van der Waals surface area contributed by atoms with E-state index in [-0.39, 0.29) is 17.8 Å². The molecule has 2 aromatic carbocycles. The molecule has 6 rings (SSSR count). The van der Waals surface area contributed by atoms with Gasteiger partial charge in [0.05, 0.1) is 15.9 Å². The fraction of sp³-hybridized carbons (Fsp3) is 0.429. The molecule has 6 nitrogen and oxygen atoms in total. The summed E-state index contributed by atoms with van der Waals surface area (Å²) in [6.07, 6.45) is 8.95. The molecule has 0 spiro atoms. The molecule has 4 aromatic rings. The van der Waals surface area contributed by atoms with Crippen LogP contribution in [-0.2, 0) is 0 Å². The molecular weight excluding hydrogens is 473 g/mol. The standard InChI is InChI=1S/C28H32FN5OS/c29-22-16-19(23-6-4-11-30-23)7-9-21(22)24-18-34-25-10-8-20(17-26(25)36-28(34)32-24)27(35)31-12-5-15-33-13-2-1-3-14-33/h7-10,16-18,23,30H,1-6,11-15H2,(H,31,35)/t23-/m0/s1. The van der Waals surface area contributed by atoms with E-state index in [9.17, 15) is 9.18 Å². The van der Waals surface area contributed by atoms with Crippen LogP contribution in [0.25, 0.3) is 26.4 Å². The third-order valence-corrected chi connectivity index (χ3v) is 8.49. The fourth-order valence-corrected chi connectivity index (χ4v) is 6.53. The number of piperidine rings is 1. The smallest absolute Gasteiger partial charge is 0.251 e. The third-order valence-electron chi connectivity index (χ3n) is 7.47. The number of nitrogens with one attached hydrogen (secondary N) is 2. The summed E-state index contributed by atoms with van der Waals surface area (Å²) < 4.78 is 18.0. The molecule has 4 heterocycles. The zero-order chi connectivity index (χ0) is 24.5. The minimum absolute atomic E-state index is 0.0406. The topological polar surface area (TPSA) is 61.7 Å². The molecule has 0 bridgehead atoms. The SMILES string of the molecule is O=C(NCCCN1CCCCC1)c1ccc2c(c1)sc1nc(-c3ccc([C@@H]4CCCN4)cc3F)cn12. The summed E-state index contributed by atoms with van der Waals surface area (Å²) in [6, 6.07) is 11.5. The molecule has 36 heavy (non-hydrogen) atoms. The maximum Gasteiger partial charge on any atom is 0.251 e. The second-order valence-electron chi connectivity index (χ2n) is 9.96. The van der Waals surface area contributed by atoms with Gasteiger partial charge in [0.25, 0.3) is 5.91 Å². The van der Waals surface area contributed by atoms with Crippen LogP contribution in [0.15, 0.2) is 42.6 Å². The van der Waals surface area contributed by atoms with Crippen molar-refractivity contribution < 1.29 is 9.18 Å². The average Bonchev–Trinajstić information content (AvgIpc) is 3.63. The Bertz CT molecular complexity index is 1380. The molecule has 0 unspecified atom stereocenters. The van der Waals surface area contributed by atoms with Crippen LogP contribution in [0.1, 0.15) is 60.5 Å². The highest BCUT2D eigenvalue weighted by Gasteiger charge is 2.19. The molecule has 2 saturated heterocycles. The van der Waals surface area contributed by atoms with Crippen molar-refractivity contribution >= 4 is 32.4 Å². The maximum atomic E-state index is 15.0. The number of nitrogens with zero attached hydrogens (tertiary/aromatic N) is 3. The quantitative estimate of drug-likeness (QED) is 0.331. The van der Waals surface area contributed by atoms with Gasteiger partial charge in [-0.2, -0.15) is 0 Å². The van der Waals surface area contributed by atoms with Crippen molar-refractivity contribution in [2.24, 2.45) is 0 Å². The van der Waals surface area contributed by atoms with Gasteiger partial charge in [-0.3, -0.25) is 9.20 Å². The van der Waals surface area contributed by atoms with Crippen LogP contribution in [0.4, 0.5) is 4.39 Å². The van der Waals surface area contributed by atoms with Gasteiger partial charge in [0.15, 0.2) is 4.96 Å². The highest BCUT2D eigenvalue weighted by Crippen LogP contribution is 2.32. The van der Waals surface area contributed by atoms with Crippen LogP contribution >= 0.6 is 11.3 Å². The van der Waals surface area contributed by atoms with E-state index in [1.54, 1.807) is 6.07 Å². The number of likely N-dealkylation sites (tertiary alicyclic amines) is 1. The lowest BCUT2D eigenvalue weighted by atomic mass is 10.0. The van der Waals surface area contributed by atoms with Gasteiger partial charge in [-0.25, -0.2) is 9.37 Å². The Labute approximate surface area is 214 Å². The summed E-state index contributed by atoms with van der Waals surface area (Å²) in [5.41, 5.74) is 3.77. The van der Waals surface area contributed by atoms with Crippen LogP contribution in [-0.4, -0.2) is 52.9 Å². The lowest BCUT2D eigenvalue weighted by Gasteiger charge is -2.26. The van der Waals surface area contributed by atoms with E-state index < -0.39 is 0 Å². The van der Waals surface area contributed by atoms with E-state index in [1.165, 1.54) is 43.7 Å². The van der Waals surface area contributed by atoms with E-state index in [0.29, 0.717) is 23.4 Å². The second kappa shape index (κ2) is 10.3.